The predicted octanol–water partition coefficient (Wildman–Crippen LogP) is 2.88. The van der Waals surface area contributed by atoms with Crippen molar-refractivity contribution < 1.29 is 9.53 Å². The fraction of sp³-hybridized carbons (Fsp3) is 0.462. The van der Waals surface area contributed by atoms with Gasteiger partial charge in [-0.2, -0.15) is 0 Å². The lowest BCUT2D eigenvalue weighted by Crippen LogP contribution is -2.40. The molecule has 1 saturated heterocycles. The van der Waals surface area contributed by atoms with Crippen LogP contribution in [0.25, 0.3) is 0 Å². The molecule has 2 rings (SSSR count). The van der Waals surface area contributed by atoms with Crippen LogP contribution in [0.2, 0.25) is 5.02 Å². The van der Waals surface area contributed by atoms with Gasteiger partial charge in [-0.1, -0.05) is 11.6 Å². The Morgan fingerprint density at radius 3 is 2.72 bits per heavy atom. The van der Waals surface area contributed by atoms with Gasteiger partial charge in [0.25, 0.3) is 5.91 Å². The van der Waals surface area contributed by atoms with E-state index in [1.54, 1.807) is 25.3 Å². The van der Waals surface area contributed by atoms with Gasteiger partial charge in [-0.3, -0.25) is 4.79 Å². The zero-order valence-electron chi connectivity index (χ0n) is 10.2. The number of hydrogen-bond acceptors (Lipinski definition) is 3. The number of likely N-dealkylation sites (tertiary alicyclic amines) is 1. The maximum Gasteiger partial charge on any atom is 0.255 e. The van der Waals surface area contributed by atoms with Crippen LogP contribution in [0.3, 0.4) is 0 Å². The number of piperidine rings is 1. The van der Waals surface area contributed by atoms with Gasteiger partial charge in [-0.25, -0.2) is 0 Å². The van der Waals surface area contributed by atoms with Crippen molar-refractivity contribution in [2.24, 2.45) is 0 Å². The van der Waals surface area contributed by atoms with Crippen LogP contribution in [-0.4, -0.2) is 37.1 Å². The van der Waals surface area contributed by atoms with Crippen molar-refractivity contribution in [3.63, 3.8) is 0 Å². The molecule has 0 aliphatic carbocycles. The van der Waals surface area contributed by atoms with Crippen LogP contribution in [0.15, 0.2) is 23.1 Å². The molecule has 3 nitrogen and oxygen atoms in total. The third-order valence-electron chi connectivity index (χ3n) is 3.24. The molecular weight excluding hydrogens is 270 g/mol. The van der Waals surface area contributed by atoms with Crippen LogP contribution in [0.1, 0.15) is 23.2 Å². The van der Waals surface area contributed by atoms with Crippen LogP contribution in [-0.2, 0) is 4.74 Å². The Morgan fingerprint density at radius 2 is 2.11 bits per heavy atom. The Hall–Kier alpha value is -0.710. The highest BCUT2D eigenvalue weighted by molar-refractivity contribution is 7.80. The number of nitrogens with zero attached hydrogens (tertiary/aromatic N) is 1. The number of carbonyl (C=O) groups excluding carboxylic acids is 1. The van der Waals surface area contributed by atoms with Gasteiger partial charge in [-0.15, -0.1) is 12.6 Å². The Morgan fingerprint density at radius 1 is 1.44 bits per heavy atom. The highest BCUT2D eigenvalue weighted by Crippen LogP contribution is 2.23. The molecular formula is C13H16ClNO2S. The standard InChI is InChI=1S/C13H16ClNO2S/c1-17-9-4-6-15(7-5-9)13(16)11-8-10(18)2-3-12(11)14/h2-3,8-9,18H,4-7H2,1H3. The fourth-order valence-electron chi connectivity index (χ4n) is 2.14. The van der Waals surface area contributed by atoms with Crippen LogP contribution in [0.5, 0.6) is 0 Å². The molecule has 1 aromatic carbocycles. The van der Waals surface area contributed by atoms with E-state index in [-0.39, 0.29) is 12.0 Å². The van der Waals surface area contributed by atoms with Gasteiger partial charge < -0.3 is 9.64 Å². The van der Waals surface area contributed by atoms with Crippen LogP contribution in [0.4, 0.5) is 0 Å². The molecule has 0 spiro atoms. The summed E-state index contributed by atoms with van der Waals surface area (Å²) in [5.74, 6) is -0.0227. The molecule has 0 saturated carbocycles. The number of benzene rings is 1. The van der Waals surface area contributed by atoms with E-state index in [4.69, 9.17) is 16.3 Å². The largest absolute Gasteiger partial charge is 0.381 e. The van der Waals surface area contributed by atoms with E-state index in [0.717, 1.165) is 17.7 Å². The third-order valence-corrected chi connectivity index (χ3v) is 3.85. The highest BCUT2D eigenvalue weighted by atomic mass is 35.5. The van der Waals surface area contributed by atoms with Crippen molar-refractivity contribution in [1.29, 1.82) is 0 Å². The second-order valence-corrected chi connectivity index (χ2v) is 5.32. The number of amides is 1. The fourth-order valence-corrected chi connectivity index (χ4v) is 2.54. The summed E-state index contributed by atoms with van der Waals surface area (Å²) in [5.41, 5.74) is 0.528. The summed E-state index contributed by atoms with van der Waals surface area (Å²) < 4.78 is 5.29. The van der Waals surface area contributed by atoms with Crippen molar-refractivity contribution >= 4 is 30.1 Å². The monoisotopic (exact) mass is 285 g/mol. The Balaban J connectivity index is 2.10. The minimum atomic E-state index is -0.0227. The molecule has 1 aromatic rings. The number of methoxy groups -OCH3 is 1. The second-order valence-electron chi connectivity index (χ2n) is 4.39. The number of rotatable bonds is 2. The van der Waals surface area contributed by atoms with Gasteiger partial charge in [0.05, 0.1) is 16.7 Å². The molecule has 0 atom stereocenters. The van der Waals surface area contributed by atoms with E-state index in [2.05, 4.69) is 12.6 Å². The van der Waals surface area contributed by atoms with E-state index in [9.17, 15) is 4.79 Å². The molecule has 98 valence electrons. The number of thiol groups is 1. The number of hydrogen-bond donors (Lipinski definition) is 1. The molecule has 0 radical (unpaired) electrons. The average molecular weight is 286 g/mol. The Kier molecular flexibility index (Phi) is 4.54. The lowest BCUT2D eigenvalue weighted by atomic mass is 10.1. The second kappa shape index (κ2) is 5.95. The molecule has 1 aliphatic rings. The summed E-state index contributed by atoms with van der Waals surface area (Å²) in [6.07, 6.45) is 2.02. The molecule has 1 aliphatic heterocycles. The van der Waals surface area contributed by atoms with Gasteiger partial charge in [-0.05, 0) is 31.0 Å². The summed E-state index contributed by atoms with van der Waals surface area (Å²) >= 11 is 10.3. The Labute approximate surface area is 117 Å². The van der Waals surface area contributed by atoms with Crippen molar-refractivity contribution in [2.45, 2.75) is 23.8 Å². The molecule has 1 amide bonds. The first kappa shape index (κ1) is 13.7. The molecule has 0 bridgehead atoms. The third kappa shape index (κ3) is 2.99. The van der Waals surface area contributed by atoms with Gasteiger partial charge in [0.2, 0.25) is 0 Å². The zero-order chi connectivity index (χ0) is 13.1. The minimum absolute atomic E-state index is 0.0227. The first-order valence-corrected chi connectivity index (χ1v) is 6.75. The summed E-state index contributed by atoms with van der Waals surface area (Å²) in [7, 11) is 1.71. The minimum Gasteiger partial charge on any atom is -0.381 e. The van der Waals surface area contributed by atoms with Crippen molar-refractivity contribution in [3.8, 4) is 0 Å². The maximum atomic E-state index is 12.3. The van der Waals surface area contributed by atoms with Gasteiger partial charge in [0.15, 0.2) is 0 Å². The summed E-state index contributed by atoms with van der Waals surface area (Å²) in [4.78, 5) is 14.9. The SMILES string of the molecule is COC1CCN(C(=O)c2cc(S)ccc2Cl)CC1. The van der Waals surface area contributed by atoms with Crippen LogP contribution < -0.4 is 0 Å². The molecule has 5 heteroatoms. The van der Waals surface area contributed by atoms with Gasteiger partial charge in [0, 0.05) is 25.1 Å². The summed E-state index contributed by atoms with van der Waals surface area (Å²) in [6, 6.07) is 5.20. The molecule has 1 fully saturated rings. The van der Waals surface area contributed by atoms with Gasteiger partial charge in [0.1, 0.15) is 0 Å². The number of halogens is 1. The van der Waals surface area contributed by atoms with E-state index in [0.29, 0.717) is 23.7 Å². The van der Waals surface area contributed by atoms with Crippen molar-refractivity contribution in [3.05, 3.63) is 28.8 Å². The van der Waals surface area contributed by atoms with E-state index >= 15 is 0 Å². The number of carbonyl (C=O) groups is 1. The number of ether oxygens (including phenoxy) is 1. The lowest BCUT2D eigenvalue weighted by Gasteiger charge is -2.31. The van der Waals surface area contributed by atoms with E-state index in [1.807, 2.05) is 4.90 Å². The maximum absolute atomic E-state index is 12.3. The molecule has 0 aromatic heterocycles. The zero-order valence-corrected chi connectivity index (χ0v) is 11.9. The molecule has 0 unspecified atom stereocenters. The normalized spacial score (nSPS) is 16.9. The first-order chi connectivity index (χ1) is 8.61. The van der Waals surface area contributed by atoms with Crippen LogP contribution >= 0.6 is 24.2 Å². The lowest BCUT2D eigenvalue weighted by molar-refractivity contribution is 0.0351. The van der Waals surface area contributed by atoms with Crippen LogP contribution in [0, 0.1) is 0 Å². The van der Waals surface area contributed by atoms with Crippen molar-refractivity contribution in [1.82, 2.24) is 4.90 Å². The highest BCUT2D eigenvalue weighted by Gasteiger charge is 2.24. The Bertz CT molecular complexity index is 445. The van der Waals surface area contributed by atoms with E-state index < -0.39 is 0 Å². The quantitative estimate of drug-likeness (QED) is 0.847. The van der Waals surface area contributed by atoms with Crippen molar-refractivity contribution in [2.75, 3.05) is 20.2 Å². The summed E-state index contributed by atoms with van der Waals surface area (Å²) in [6.45, 7) is 1.43. The van der Waals surface area contributed by atoms with Gasteiger partial charge >= 0.3 is 0 Å². The molecule has 18 heavy (non-hydrogen) atoms. The summed E-state index contributed by atoms with van der Waals surface area (Å²) in [5, 5.41) is 0.478. The first-order valence-electron chi connectivity index (χ1n) is 5.92. The van der Waals surface area contributed by atoms with E-state index in [1.165, 1.54) is 0 Å². The smallest absolute Gasteiger partial charge is 0.255 e. The molecule has 1 heterocycles. The predicted molar refractivity (Wildman–Crippen MR) is 74.6 cm³/mol. The average Bonchev–Trinajstić information content (AvgIpc) is 2.41. The topological polar surface area (TPSA) is 29.5 Å². The molecule has 0 N–H and O–H groups in total.